The third-order valence-electron chi connectivity index (χ3n) is 5.73. The summed E-state index contributed by atoms with van der Waals surface area (Å²) >= 11 is 0. The normalized spacial score (nSPS) is 15.3. The molecule has 1 fully saturated rings. The van der Waals surface area contributed by atoms with E-state index in [4.69, 9.17) is 4.74 Å². The van der Waals surface area contributed by atoms with Crippen LogP contribution in [0.25, 0.3) is 22.4 Å². The van der Waals surface area contributed by atoms with Crippen molar-refractivity contribution in [2.45, 2.75) is 12.6 Å². The molecule has 7 nitrogen and oxygen atoms in total. The van der Waals surface area contributed by atoms with Gasteiger partial charge in [-0.2, -0.15) is 0 Å². The van der Waals surface area contributed by atoms with E-state index >= 15 is 0 Å². The molecule has 10 heteroatoms. The minimum absolute atomic E-state index is 0.317. The van der Waals surface area contributed by atoms with Crippen molar-refractivity contribution in [3.63, 3.8) is 0 Å². The third-order valence-corrected chi connectivity index (χ3v) is 5.73. The van der Waals surface area contributed by atoms with Crippen LogP contribution in [0.1, 0.15) is 11.8 Å². The molecule has 2 heterocycles. The van der Waals surface area contributed by atoms with Gasteiger partial charge in [0, 0.05) is 41.7 Å². The van der Waals surface area contributed by atoms with Gasteiger partial charge < -0.3 is 29.8 Å². The van der Waals surface area contributed by atoms with Gasteiger partial charge in [-0.05, 0) is 36.4 Å². The monoisotopic (exact) mass is 484 g/mol. The first-order valence-electron chi connectivity index (χ1n) is 11.1. The molecule has 182 valence electrons. The van der Waals surface area contributed by atoms with E-state index in [0.29, 0.717) is 22.4 Å². The number of alkyl halides is 3. The maximum absolute atomic E-state index is 12.5. The van der Waals surface area contributed by atoms with Gasteiger partial charge >= 0.3 is 6.36 Å². The van der Waals surface area contributed by atoms with Crippen LogP contribution in [0.5, 0.6) is 5.75 Å². The number of fused-ring (bicyclic) bond motifs is 1. The average Bonchev–Trinajstić information content (AvgIpc) is 3.28. The highest BCUT2D eigenvalue weighted by Gasteiger charge is 2.31. The number of halogens is 3. The minimum atomic E-state index is -4.76. The predicted molar refractivity (Wildman–Crippen MR) is 126 cm³/mol. The van der Waals surface area contributed by atoms with Gasteiger partial charge in [-0.3, -0.25) is 0 Å². The molecule has 1 atom stereocenters. The third kappa shape index (κ3) is 5.50. The van der Waals surface area contributed by atoms with E-state index in [9.17, 15) is 18.3 Å². The van der Waals surface area contributed by atoms with Gasteiger partial charge in [0.25, 0.3) is 0 Å². The number of aliphatic hydroxyl groups excluding tert-OH is 1. The van der Waals surface area contributed by atoms with Crippen molar-refractivity contribution in [2.75, 3.05) is 36.5 Å². The Morgan fingerprint density at radius 3 is 2.40 bits per heavy atom. The summed E-state index contributed by atoms with van der Waals surface area (Å²) in [5.41, 5.74) is 4.22. The van der Waals surface area contributed by atoms with Crippen LogP contribution in [-0.2, 0) is 4.74 Å². The number of anilines is 2. The fourth-order valence-corrected chi connectivity index (χ4v) is 3.98. The molecule has 1 saturated heterocycles. The lowest BCUT2D eigenvalue weighted by Crippen LogP contribution is -2.36. The summed E-state index contributed by atoms with van der Waals surface area (Å²) in [4.78, 5) is 9.69. The Morgan fingerprint density at radius 1 is 1.00 bits per heavy atom. The summed E-state index contributed by atoms with van der Waals surface area (Å²) < 4.78 is 46.7. The first kappa shape index (κ1) is 23.0. The summed E-state index contributed by atoms with van der Waals surface area (Å²) in [6, 6.07) is 18.9. The Kier molecular flexibility index (Phi) is 6.23. The van der Waals surface area contributed by atoms with Crippen LogP contribution in [0.15, 0.2) is 66.7 Å². The van der Waals surface area contributed by atoms with Crippen molar-refractivity contribution in [1.82, 2.24) is 9.97 Å². The summed E-state index contributed by atoms with van der Waals surface area (Å²) in [7, 11) is 0. The molecular formula is C25H23F3N4O3. The molecule has 1 aliphatic rings. The van der Waals surface area contributed by atoms with Crippen molar-refractivity contribution in [2.24, 2.45) is 0 Å². The molecule has 3 N–H and O–H groups in total. The maximum Gasteiger partial charge on any atom is 0.573 e. The zero-order chi connectivity index (χ0) is 24.4. The van der Waals surface area contributed by atoms with Crippen LogP contribution < -0.4 is 15.0 Å². The molecule has 3 aromatic carbocycles. The molecular weight excluding hydrogens is 461 g/mol. The number of aromatic amines is 1. The first-order valence-corrected chi connectivity index (χ1v) is 11.1. The molecule has 4 aromatic rings. The Hall–Kier alpha value is -3.76. The van der Waals surface area contributed by atoms with Gasteiger partial charge in [0.05, 0.1) is 24.2 Å². The Bertz CT molecular complexity index is 1280. The molecule has 35 heavy (non-hydrogen) atoms. The fraction of sp³-hybridized carbons (Fsp3) is 0.240. The number of aromatic nitrogens is 2. The number of imidazole rings is 1. The van der Waals surface area contributed by atoms with Gasteiger partial charge in [-0.1, -0.05) is 24.3 Å². The SMILES string of the molecule is OC(Nc1ccc(N2CCOCC2)cc1)c1ccc(-c2nc3ccc(OC(F)(F)F)cc3[nH]2)cc1. The van der Waals surface area contributed by atoms with Crippen LogP contribution in [0, 0.1) is 0 Å². The van der Waals surface area contributed by atoms with Crippen LogP contribution >= 0.6 is 0 Å². The average molecular weight is 484 g/mol. The molecule has 1 unspecified atom stereocenters. The lowest BCUT2D eigenvalue weighted by Gasteiger charge is -2.29. The number of H-pyrrole nitrogens is 1. The Balaban J connectivity index is 1.25. The largest absolute Gasteiger partial charge is 0.573 e. The van der Waals surface area contributed by atoms with Gasteiger partial charge in [-0.15, -0.1) is 13.2 Å². The number of morpholine rings is 1. The van der Waals surface area contributed by atoms with Crippen molar-refractivity contribution in [3.8, 4) is 17.1 Å². The van der Waals surface area contributed by atoms with E-state index in [1.165, 1.54) is 18.2 Å². The molecule has 0 bridgehead atoms. The molecule has 1 aliphatic heterocycles. The molecule has 0 aliphatic carbocycles. The molecule has 5 rings (SSSR count). The van der Waals surface area contributed by atoms with E-state index in [-0.39, 0.29) is 5.75 Å². The zero-order valence-corrected chi connectivity index (χ0v) is 18.5. The standard InChI is InChI=1S/C25H23F3N4O3/c26-25(27,28)35-20-9-10-21-22(15-20)31-23(30-21)16-1-3-17(4-2-16)24(33)29-18-5-7-19(8-6-18)32-11-13-34-14-12-32/h1-10,15,24,29,33H,11-14H2,(H,30,31). The van der Waals surface area contributed by atoms with E-state index in [2.05, 4.69) is 24.9 Å². The molecule has 0 saturated carbocycles. The number of hydrogen-bond donors (Lipinski definition) is 3. The fourth-order valence-electron chi connectivity index (χ4n) is 3.98. The number of ether oxygens (including phenoxy) is 2. The number of nitrogens with one attached hydrogen (secondary N) is 2. The van der Waals surface area contributed by atoms with Crippen molar-refractivity contribution < 1.29 is 27.8 Å². The number of rotatable bonds is 6. The van der Waals surface area contributed by atoms with Gasteiger partial charge in [-0.25, -0.2) is 4.98 Å². The first-order chi connectivity index (χ1) is 16.8. The topological polar surface area (TPSA) is 82.6 Å². The summed E-state index contributed by atoms with van der Waals surface area (Å²) in [5.74, 6) is 0.180. The smallest absolute Gasteiger partial charge is 0.406 e. The second-order valence-electron chi connectivity index (χ2n) is 8.13. The second-order valence-corrected chi connectivity index (χ2v) is 8.13. The van der Waals surface area contributed by atoms with Gasteiger partial charge in [0.2, 0.25) is 0 Å². The van der Waals surface area contributed by atoms with E-state index in [1.807, 2.05) is 24.3 Å². The van der Waals surface area contributed by atoms with E-state index in [1.54, 1.807) is 24.3 Å². The lowest BCUT2D eigenvalue weighted by atomic mass is 10.1. The maximum atomic E-state index is 12.5. The van der Waals surface area contributed by atoms with Gasteiger partial charge in [0.15, 0.2) is 6.23 Å². The predicted octanol–water partition coefficient (Wildman–Crippen LogP) is 5.07. The summed E-state index contributed by atoms with van der Waals surface area (Å²) in [6.45, 7) is 3.15. The molecule has 0 radical (unpaired) electrons. The minimum Gasteiger partial charge on any atom is -0.406 e. The van der Waals surface area contributed by atoms with E-state index in [0.717, 1.165) is 43.2 Å². The van der Waals surface area contributed by atoms with Crippen molar-refractivity contribution >= 4 is 22.4 Å². The van der Waals surface area contributed by atoms with Crippen molar-refractivity contribution in [3.05, 3.63) is 72.3 Å². The molecule has 0 spiro atoms. The highest BCUT2D eigenvalue weighted by molar-refractivity contribution is 5.80. The summed E-state index contributed by atoms with van der Waals surface area (Å²) in [6.07, 6.45) is -5.68. The van der Waals surface area contributed by atoms with Crippen molar-refractivity contribution in [1.29, 1.82) is 0 Å². The highest BCUT2D eigenvalue weighted by Crippen LogP contribution is 2.28. The zero-order valence-electron chi connectivity index (χ0n) is 18.5. The van der Waals surface area contributed by atoms with Crippen LogP contribution in [0.2, 0.25) is 0 Å². The quantitative estimate of drug-likeness (QED) is 0.332. The lowest BCUT2D eigenvalue weighted by molar-refractivity contribution is -0.274. The summed E-state index contributed by atoms with van der Waals surface area (Å²) in [5, 5.41) is 13.7. The van der Waals surface area contributed by atoms with Crippen LogP contribution in [0.3, 0.4) is 0 Å². The Morgan fingerprint density at radius 2 is 1.71 bits per heavy atom. The number of hydrogen-bond acceptors (Lipinski definition) is 6. The number of benzene rings is 3. The van der Waals surface area contributed by atoms with E-state index < -0.39 is 12.6 Å². The number of aliphatic hydroxyl groups is 1. The molecule has 1 aromatic heterocycles. The molecule has 0 amide bonds. The van der Waals surface area contributed by atoms with Gasteiger partial charge in [0.1, 0.15) is 11.6 Å². The van der Waals surface area contributed by atoms with Crippen LogP contribution in [0.4, 0.5) is 24.5 Å². The number of nitrogens with zero attached hydrogens (tertiary/aromatic N) is 2. The second kappa shape index (κ2) is 9.47. The van der Waals surface area contributed by atoms with Crippen LogP contribution in [-0.4, -0.2) is 47.7 Å². The Labute approximate surface area is 199 Å². The highest BCUT2D eigenvalue weighted by atomic mass is 19.4.